The van der Waals surface area contributed by atoms with E-state index in [4.69, 9.17) is 0 Å². The lowest BCUT2D eigenvalue weighted by atomic mass is 10.1. The molecule has 1 saturated carbocycles. The molecule has 27 heavy (non-hydrogen) atoms. The number of rotatable bonds is 4. The molecule has 1 aromatic heterocycles. The van der Waals surface area contributed by atoms with Crippen molar-refractivity contribution in [1.82, 2.24) is 20.1 Å². The number of carbonyl (C=O) groups excluding carboxylic acids is 1. The maximum atomic E-state index is 12.8. The molecule has 2 aromatic carbocycles. The predicted octanol–water partition coefficient (Wildman–Crippen LogP) is 4.39. The zero-order valence-corrected chi connectivity index (χ0v) is 15.3. The van der Waals surface area contributed by atoms with Gasteiger partial charge in [-0.05, 0) is 25.0 Å². The number of amides is 1. The molecule has 0 unspecified atom stereocenters. The molecule has 0 aliphatic heterocycles. The highest BCUT2D eigenvalue weighted by Gasteiger charge is 2.21. The number of nitrogens with one attached hydrogen (secondary N) is 1. The molecular weight excluding hydrogens is 336 g/mol. The summed E-state index contributed by atoms with van der Waals surface area (Å²) in [5, 5.41) is 7.68. The van der Waals surface area contributed by atoms with Crippen LogP contribution in [0.4, 0.5) is 0 Å². The van der Waals surface area contributed by atoms with Gasteiger partial charge in [0.15, 0.2) is 5.82 Å². The fourth-order valence-corrected chi connectivity index (χ4v) is 3.61. The van der Waals surface area contributed by atoms with Gasteiger partial charge < -0.3 is 5.32 Å². The molecule has 1 N–H and O–H groups in total. The molecule has 1 aliphatic rings. The van der Waals surface area contributed by atoms with Crippen molar-refractivity contribution in [2.24, 2.45) is 0 Å². The van der Waals surface area contributed by atoms with Crippen LogP contribution < -0.4 is 5.32 Å². The van der Waals surface area contributed by atoms with Crippen LogP contribution in [0.1, 0.15) is 49.1 Å². The van der Waals surface area contributed by atoms with Crippen LogP contribution in [0.25, 0.3) is 17.1 Å². The maximum absolute atomic E-state index is 12.8. The minimum absolute atomic E-state index is 0.186. The molecule has 0 atom stereocenters. The van der Waals surface area contributed by atoms with Gasteiger partial charge in [0.25, 0.3) is 5.91 Å². The summed E-state index contributed by atoms with van der Waals surface area (Å²) in [6.07, 6.45) is 6.93. The van der Waals surface area contributed by atoms with Crippen molar-refractivity contribution in [3.63, 3.8) is 0 Å². The number of aromatic nitrogens is 3. The lowest BCUT2D eigenvalue weighted by molar-refractivity contribution is 0.0923. The van der Waals surface area contributed by atoms with Gasteiger partial charge in [-0.2, -0.15) is 0 Å². The standard InChI is InChI=1S/C22H24N4O/c27-22(23-18-13-7-1-2-8-14-18)20-24-21(17-11-5-3-6-12-17)26(25-20)19-15-9-4-10-16-19/h3-6,9-12,15-16,18H,1-2,7-8,13-14H2,(H,23,27). The monoisotopic (exact) mass is 360 g/mol. The fraction of sp³-hybridized carbons (Fsp3) is 0.318. The first-order chi connectivity index (χ1) is 13.3. The summed E-state index contributed by atoms with van der Waals surface area (Å²) >= 11 is 0. The van der Waals surface area contributed by atoms with Crippen LogP contribution in [0.2, 0.25) is 0 Å². The Hall–Kier alpha value is -2.95. The van der Waals surface area contributed by atoms with Gasteiger partial charge in [-0.1, -0.05) is 74.2 Å². The number of nitrogens with zero attached hydrogens (tertiary/aromatic N) is 3. The molecule has 0 radical (unpaired) electrons. The van der Waals surface area contributed by atoms with E-state index in [-0.39, 0.29) is 17.8 Å². The minimum Gasteiger partial charge on any atom is -0.347 e. The molecule has 5 nitrogen and oxygen atoms in total. The van der Waals surface area contributed by atoms with E-state index in [0.29, 0.717) is 5.82 Å². The Balaban J connectivity index is 1.65. The number of carbonyl (C=O) groups is 1. The van der Waals surface area contributed by atoms with Crippen molar-refractivity contribution in [3.05, 3.63) is 66.5 Å². The predicted molar refractivity (Wildman–Crippen MR) is 106 cm³/mol. The summed E-state index contributed by atoms with van der Waals surface area (Å²) in [6, 6.07) is 19.9. The zero-order chi connectivity index (χ0) is 18.5. The second kappa shape index (κ2) is 8.16. The molecule has 1 fully saturated rings. The summed E-state index contributed by atoms with van der Waals surface area (Å²) in [5.41, 5.74) is 1.82. The number of hydrogen-bond acceptors (Lipinski definition) is 3. The van der Waals surface area contributed by atoms with E-state index in [1.54, 1.807) is 4.68 Å². The molecule has 1 aliphatic carbocycles. The zero-order valence-electron chi connectivity index (χ0n) is 15.3. The third kappa shape index (κ3) is 4.08. The van der Waals surface area contributed by atoms with Gasteiger partial charge in [0, 0.05) is 11.6 Å². The highest BCUT2D eigenvalue weighted by Crippen LogP contribution is 2.22. The van der Waals surface area contributed by atoms with E-state index in [0.717, 1.165) is 24.1 Å². The Kier molecular flexibility index (Phi) is 5.28. The molecule has 0 bridgehead atoms. The van der Waals surface area contributed by atoms with Crippen molar-refractivity contribution in [3.8, 4) is 17.1 Å². The number of benzene rings is 2. The van der Waals surface area contributed by atoms with Gasteiger partial charge in [0.2, 0.25) is 5.82 Å². The summed E-state index contributed by atoms with van der Waals surface area (Å²) in [6.45, 7) is 0. The van der Waals surface area contributed by atoms with Crippen LogP contribution >= 0.6 is 0 Å². The van der Waals surface area contributed by atoms with Crippen LogP contribution in [0.3, 0.4) is 0 Å². The first kappa shape index (κ1) is 17.5. The first-order valence-corrected chi connectivity index (χ1v) is 9.70. The van der Waals surface area contributed by atoms with E-state index < -0.39 is 0 Å². The molecular formula is C22H24N4O. The third-order valence-electron chi connectivity index (χ3n) is 5.03. The average molecular weight is 360 g/mol. The lowest BCUT2D eigenvalue weighted by Crippen LogP contribution is -2.35. The van der Waals surface area contributed by atoms with Crippen molar-refractivity contribution >= 4 is 5.91 Å². The molecule has 4 rings (SSSR count). The van der Waals surface area contributed by atoms with Gasteiger partial charge in [-0.15, -0.1) is 5.10 Å². The summed E-state index contributed by atoms with van der Waals surface area (Å²) in [4.78, 5) is 17.4. The third-order valence-corrected chi connectivity index (χ3v) is 5.03. The van der Waals surface area contributed by atoms with Gasteiger partial charge in [-0.3, -0.25) is 4.79 Å². The Bertz CT molecular complexity index is 824. The smallest absolute Gasteiger partial charge is 0.291 e. The molecule has 5 heteroatoms. The quantitative estimate of drug-likeness (QED) is 0.702. The Morgan fingerprint density at radius 3 is 2.19 bits per heavy atom. The van der Waals surface area contributed by atoms with Gasteiger partial charge in [-0.25, -0.2) is 9.67 Å². The second-order valence-electron chi connectivity index (χ2n) is 7.03. The van der Waals surface area contributed by atoms with Gasteiger partial charge >= 0.3 is 0 Å². The first-order valence-electron chi connectivity index (χ1n) is 9.70. The van der Waals surface area contributed by atoms with E-state index >= 15 is 0 Å². The van der Waals surface area contributed by atoms with Crippen molar-refractivity contribution in [2.75, 3.05) is 0 Å². The van der Waals surface area contributed by atoms with E-state index in [1.807, 2.05) is 60.7 Å². The van der Waals surface area contributed by atoms with Crippen LogP contribution in [0.15, 0.2) is 60.7 Å². The second-order valence-corrected chi connectivity index (χ2v) is 7.03. The Labute approximate surface area is 159 Å². The average Bonchev–Trinajstić information content (AvgIpc) is 3.02. The Morgan fingerprint density at radius 2 is 1.52 bits per heavy atom. The Morgan fingerprint density at radius 1 is 0.889 bits per heavy atom. The van der Waals surface area contributed by atoms with Crippen LogP contribution in [-0.2, 0) is 0 Å². The van der Waals surface area contributed by atoms with Crippen LogP contribution in [0, 0.1) is 0 Å². The molecule has 1 heterocycles. The summed E-state index contributed by atoms with van der Waals surface area (Å²) in [5.74, 6) is 0.712. The number of para-hydroxylation sites is 1. The van der Waals surface area contributed by atoms with Crippen LogP contribution in [-0.4, -0.2) is 26.7 Å². The molecule has 0 saturated heterocycles. The minimum atomic E-state index is -0.186. The topological polar surface area (TPSA) is 59.8 Å². The summed E-state index contributed by atoms with van der Waals surface area (Å²) < 4.78 is 1.75. The number of hydrogen-bond donors (Lipinski definition) is 1. The molecule has 1 amide bonds. The largest absolute Gasteiger partial charge is 0.347 e. The fourth-order valence-electron chi connectivity index (χ4n) is 3.61. The molecule has 3 aromatic rings. The van der Waals surface area contributed by atoms with Crippen molar-refractivity contribution in [1.29, 1.82) is 0 Å². The van der Waals surface area contributed by atoms with Crippen LogP contribution in [0.5, 0.6) is 0 Å². The molecule has 0 spiro atoms. The maximum Gasteiger partial charge on any atom is 0.291 e. The van der Waals surface area contributed by atoms with E-state index in [1.165, 1.54) is 25.7 Å². The highest BCUT2D eigenvalue weighted by molar-refractivity contribution is 5.91. The summed E-state index contributed by atoms with van der Waals surface area (Å²) in [7, 11) is 0. The SMILES string of the molecule is O=C(NC1CCCCCC1)c1nc(-c2ccccc2)n(-c2ccccc2)n1. The molecule has 138 valence electrons. The van der Waals surface area contributed by atoms with E-state index in [9.17, 15) is 4.79 Å². The highest BCUT2D eigenvalue weighted by atomic mass is 16.2. The van der Waals surface area contributed by atoms with Gasteiger partial charge in [0.1, 0.15) is 0 Å². The van der Waals surface area contributed by atoms with Crippen molar-refractivity contribution in [2.45, 2.75) is 44.6 Å². The van der Waals surface area contributed by atoms with Gasteiger partial charge in [0.05, 0.1) is 5.69 Å². The lowest BCUT2D eigenvalue weighted by Gasteiger charge is -2.14. The van der Waals surface area contributed by atoms with E-state index in [2.05, 4.69) is 15.4 Å². The normalized spacial score (nSPS) is 15.3. The van der Waals surface area contributed by atoms with Crippen molar-refractivity contribution < 1.29 is 4.79 Å².